The van der Waals surface area contributed by atoms with E-state index in [0.29, 0.717) is 0 Å². The Balaban J connectivity index is 1.97. The van der Waals surface area contributed by atoms with E-state index < -0.39 is 0 Å². The molecule has 2 rings (SSSR count). The third-order valence-electron chi connectivity index (χ3n) is 3.43. The number of pyridine rings is 1. The number of aromatic nitrogens is 1. The summed E-state index contributed by atoms with van der Waals surface area (Å²) in [5, 5.41) is 0. The average molecular weight is 234 g/mol. The summed E-state index contributed by atoms with van der Waals surface area (Å²) >= 11 is 0. The molecule has 2 heterocycles. The first-order valence-corrected chi connectivity index (χ1v) is 6.57. The zero-order chi connectivity index (χ0) is 12.1. The van der Waals surface area contributed by atoms with Crippen molar-refractivity contribution in [2.24, 2.45) is 5.92 Å². The van der Waals surface area contributed by atoms with Crippen LogP contribution in [-0.4, -0.2) is 31.3 Å². The maximum absolute atomic E-state index is 5.34. The second-order valence-corrected chi connectivity index (χ2v) is 4.84. The van der Waals surface area contributed by atoms with Crippen LogP contribution in [0, 0.1) is 5.92 Å². The molecule has 1 saturated heterocycles. The molecule has 0 spiro atoms. The van der Waals surface area contributed by atoms with E-state index in [4.69, 9.17) is 4.74 Å². The summed E-state index contributed by atoms with van der Waals surface area (Å²) in [5.74, 6) is 1.83. The van der Waals surface area contributed by atoms with Crippen LogP contribution in [0.1, 0.15) is 25.8 Å². The van der Waals surface area contributed by atoms with Gasteiger partial charge >= 0.3 is 0 Å². The number of rotatable bonds is 4. The molecule has 0 bridgehead atoms. The molecule has 1 fully saturated rings. The maximum Gasteiger partial charge on any atom is 0.128 e. The van der Waals surface area contributed by atoms with Crippen LogP contribution >= 0.6 is 0 Å². The minimum Gasteiger partial charge on any atom is -0.378 e. The van der Waals surface area contributed by atoms with Gasteiger partial charge in [0.05, 0.1) is 13.2 Å². The second-order valence-electron chi connectivity index (χ2n) is 4.84. The number of hydrogen-bond acceptors (Lipinski definition) is 3. The zero-order valence-electron chi connectivity index (χ0n) is 10.9. The Kier molecular flexibility index (Phi) is 4.37. The SMILES string of the molecule is CCC(C)Cc1ccc(N2CCOCC2)nc1. The van der Waals surface area contributed by atoms with Gasteiger partial charge < -0.3 is 9.64 Å². The summed E-state index contributed by atoms with van der Waals surface area (Å²) < 4.78 is 5.34. The van der Waals surface area contributed by atoms with Gasteiger partial charge in [0.1, 0.15) is 5.82 Å². The van der Waals surface area contributed by atoms with Crippen molar-refractivity contribution in [1.82, 2.24) is 4.98 Å². The molecule has 1 aromatic heterocycles. The molecule has 94 valence electrons. The third kappa shape index (κ3) is 3.43. The fraction of sp³-hybridized carbons (Fsp3) is 0.643. The number of hydrogen-bond donors (Lipinski definition) is 0. The molecule has 3 nitrogen and oxygen atoms in total. The van der Waals surface area contributed by atoms with Crippen molar-refractivity contribution >= 4 is 5.82 Å². The van der Waals surface area contributed by atoms with Gasteiger partial charge in [-0.2, -0.15) is 0 Å². The van der Waals surface area contributed by atoms with Gasteiger partial charge in [-0.3, -0.25) is 0 Å². The lowest BCUT2D eigenvalue weighted by Crippen LogP contribution is -2.36. The molecular formula is C14H22N2O. The highest BCUT2D eigenvalue weighted by atomic mass is 16.5. The lowest BCUT2D eigenvalue weighted by Gasteiger charge is -2.27. The van der Waals surface area contributed by atoms with Gasteiger partial charge in [-0.25, -0.2) is 4.98 Å². The van der Waals surface area contributed by atoms with Crippen molar-refractivity contribution in [3.8, 4) is 0 Å². The van der Waals surface area contributed by atoms with Gasteiger partial charge in [-0.05, 0) is 24.0 Å². The van der Waals surface area contributed by atoms with Crippen LogP contribution in [-0.2, 0) is 11.2 Å². The van der Waals surface area contributed by atoms with E-state index in [1.54, 1.807) is 0 Å². The van der Waals surface area contributed by atoms with Crippen LogP contribution < -0.4 is 4.90 Å². The fourth-order valence-electron chi connectivity index (χ4n) is 2.06. The van der Waals surface area contributed by atoms with Gasteiger partial charge in [-0.15, -0.1) is 0 Å². The Hall–Kier alpha value is -1.09. The zero-order valence-corrected chi connectivity index (χ0v) is 10.9. The minimum atomic E-state index is 0.742. The average Bonchev–Trinajstić information content (AvgIpc) is 2.40. The lowest BCUT2D eigenvalue weighted by molar-refractivity contribution is 0.122. The molecule has 3 heteroatoms. The largest absolute Gasteiger partial charge is 0.378 e. The molecule has 1 unspecified atom stereocenters. The molecule has 1 atom stereocenters. The molecule has 0 aliphatic carbocycles. The Morgan fingerprint density at radius 3 is 2.71 bits per heavy atom. The number of anilines is 1. The van der Waals surface area contributed by atoms with Gasteiger partial charge in [-0.1, -0.05) is 26.3 Å². The quantitative estimate of drug-likeness (QED) is 0.800. The minimum absolute atomic E-state index is 0.742. The summed E-state index contributed by atoms with van der Waals surface area (Å²) in [6.07, 6.45) is 4.38. The molecule has 1 aliphatic heterocycles. The van der Waals surface area contributed by atoms with E-state index in [1.165, 1.54) is 12.0 Å². The molecule has 0 N–H and O–H groups in total. The molecule has 17 heavy (non-hydrogen) atoms. The normalized spacial score (nSPS) is 18.1. The van der Waals surface area contributed by atoms with Gasteiger partial charge in [0.2, 0.25) is 0 Å². The van der Waals surface area contributed by atoms with Gasteiger partial charge in [0.15, 0.2) is 0 Å². The van der Waals surface area contributed by atoms with Crippen molar-refractivity contribution in [2.75, 3.05) is 31.2 Å². The van der Waals surface area contributed by atoms with E-state index in [2.05, 4.69) is 35.9 Å². The van der Waals surface area contributed by atoms with E-state index in [9.17, 15) is 0 Å². The van der Waals surface area contributed by atoms with Gasteiger partial charge in [0, 0.05) is 19.3 Å². The van der Waals surface area contributed by atoms with Crippen LogP contribution in [0.15, 0.2) is 18.3 Å². The second kappa shape index (κ2) is 6.01. The van der Waals surface area contributed by atoms with Crippen molar-refractivity contribution < 1.29 is 4.74 Å². The van der Waals surface area contributed by atoms with E-state index in [0.717, 1.165) is 44.5 Å². The van der Waals surface area contributed by atoms with Crippen molar-refractivity contribution in [2.45, 2.75) is 26.7 Å². The Morgan fingerprint density at radius 1 is 1.35 bits per heavy atom. The molecule has 0 radical (unpaired) electrons. The molecule has 0 saturated carbocycles. The first kappa shape index (κ1) is 12.4. The van der Waals surface area contributed by atoms with Crippen molar-refractivity contribution in [3.63, 3.8) is 0 Å². The molecule has 1 aromatic rings. The standard InChI is InChI=1S/C14H22N2O/c1-3-12(2)10-13-4-5-14(15-11-13)16-6-8-17-9-7-16/h4-5,11-12H,3,6-10H2,1-2H3. The Bertz CT molecular complexity index is 331. The van der Waals surface area contributed by atoms with Gasteiger partial charge in [0.25, 0.3) is 0 Å². The number of nitrogens with zero attached hydrogens (tertiary/aromatic N) is 2. The third-order valence-corrected chi connectivity index (χ3v) is 3.43. The predicted octanol–water partition coefficient (Wildman–Crippen LogP) is 2.51. The highest BCUT2D eigenvalue weighted by Crippen LogP contribution is 2.16. The summed E-state index contributed by atoms with van der Waals surface area (Å²) in [6.45, 7) is 8.07. The van der Waals surface area contributed by atoms with Crippen LogP contribution in [0.2, 0.25) is 0 Å². The fourth-order valence-corrected chi connectivity index (χ4v) is 2.06. The van der Waals surface area contributed by atoms with Crippen LogP contribution in [0.5, 0.6) is 0 Å². The van der Waals surface area contributed by atoms with Crippen molar-refractivity contribution in [3.05, 3.63) is 23.9 Å². The monoisotopic (exact) mass is 234 g/mol. The Morgan fingerprint density at radius 2 is 2.12 bits per heavy atom. The molecule has 1 aliphatic rings. The number of ether oxygens (including phenoxy) is 1. The van der Waals surface area contributed by atoms with E-state index >= 15 is 0 Å². The first-order chi connectivity index (χ1) is 8.29. The summed E-state index contributed by atoms with van der Waals surface area (Å²) in [7, 11) is 0. The predicted molar refractivity (Wildman–Crippen MR) is 70.4 cm³/mol. The lowest BCUT2D eigenvalue weighted by atomic mass is 10.0. The summed E-state index contributed by atoms with van der Waals surface area (Å²) in [5.41, 5.74) is 1.34. The maximum atomic E-state index is 5.34. The topological polar surface area (TPSA) is 25.4 Å². The van der Waals surface area contributed by atoms with Crippen LogP contribution in [0.25, 0.3) is 0 Å². The van der Waals surface area contributed by atoms with E-state index in [-0.39, 0.29) is 0 Å². The van der Waals surface area contributed by atoms with Crippen LogP contribution in [0.3, 0.4) is 0 Å². The highest BCUT2D eigenvalue weighted by molar-refractivity contribution is 5.39. The highest BCUT2D eigenvalue weighted by Gasteiger charge is 2.12. The molecular weight excluding hydrogens is 212 g/mol. The van der Waals surface area contributed by atoms with Crippen molar-refractivity contribution in [1.29, 1.82) is 0 Å². The van der Waals surface area contributed by atoms with E-state index in [1.807, 2.05) is 6.20 Å². The molecule has 0 aromatic carbocycles. The summed E-state index contributed by atoms with van der Waals surface area (Å²) in [4.78, 5) is 6.85. The molecule has 0 amide bonds. The summed E-state index contributed by atoms with van der Waals surface area (Å²) in [6, 6.07) is 4.35. The smallest absolute Gasteiger partial charge is 0.128 e. The Labute approximate surface area is 104 Å². The first-order valence-electron chi connectivity index (χ1n) is 6.57. The number of morpholine rings is 1. The van der Waals surface area contributed by atoms with Crippen LogP contribution in [0.4, 0.5) is 5.82 Å².